The molecule has 19 heavy (non-hydrogen) atoms. The lowest BCUT2D eigenvalue weighted by atomic mass is 9.95. The molecular weight excluding hydrogens is 255 g/mol. The molecule has 6 nitrogen and oxygen atoms in total. The van der Waals surface area contributed by atoms with Gasteiger partial charge in [0, 0.05) is 18.2 Å². The first-order chi connectivity index (χ1) is 8.84. The summed E-state index contributed by atoms with van der Waals surface area (Å²) < 4.78 is 18.7. The monoisotopic (exact) mass is 270 g/mol. The number of carbonyl (C=O) groups excluding carboxylic acids is 1. The molecule has 0 aliphatic rings. The number of nitrogens with one attached hydrogen (secondary N) is 1. The van der Waals surface area contributed by atoms with E-state index in [1.165, 1.54) is 21.1 Å². The van der Waals surface area contributed by atoms with Crippen LogP contribution in [0.3, 0.4) is 0 Å². The summed E-state index contributed by atoms with van der Waals surface area (Å²) in [6, 6.07) is -0.487. The van der Waals surface area contributed by atoms with Crippen LogP contribution in [0.15, 0.2) is 6.07 Å². The predicted molar refractivity (Wildman–Crippen MR) is 65.6 cm³/mol. The molecule has 0 saturated carbocycles. The third-order valence-corrected chi connectivity index (χ3v) is 2.79. The summed E-state index contributed by atoms with van der Waals surface area (Å²) in [4.78, 5) is 22.6. The van der Waals surface area contributed by atoms with Gasteiger partial charge in [0.05, 0.1) is 7.11 Å². The molecule has 0 aromatic heterocycles. The molecule has 0 bridgehead atoms. The Morgan fingerprint density at radius 2 is 2.11 bits per heavy atom. The van der Waals surface area contributed by atoms with Gasteiger partial charge >= 0.3 is 5.97 Å². The van der Waals surface area contributed by atoms with Gasteiger partial charge in [-0.1, -0.05) is 0 Å². The lowest BCUT2D eigenvalue weighted by Gasteiger charge is -2.18. The number of carboxylic acid groups (broad SMARTS) is 1. The molecule has 1 atom stereocenters. The number of hydrogen-bond acceptors (Lipinski definition) is 4. The Bertz CT molecular complexity index is 531. The highest BCUT2D eigenvalue weighted by molar-refractivity contribution is 5.96. The summed E-state index contributed by atoms with van der Waals surface area (Å²) in [6.07, 6.45) is 0. The zero-order valence-electron chi connectivity index (χ0n) is 10.8. The number of carboxylic acids is 1. The molecule has 0 saturated heterocycles. The van der Waals surface area contributed by atoms with E-state index in [4.69, 9.17) is 15.6 Å². The van der Waals surface area contributed by atoms with E-state index in [9.17, 15) is 14.0 Å². The molecule has 1 aromatic carbocycles. The summed E-state index contributed by atoms with van der Waals surface area (Å²) in [5.74, 6) is -2.97. The van der Waals surface area contributed by atoms with Crippen molar-refractivity contribution in [3.05, 3.63) is 28.6 Å². The van der Waals surface area contributed by atoms with E-state index >= 15 is 0 Å². The van der Waals surface area contributed by atoms with Crippen LogP contribution in [0.1, 0.15) is 27.5 Å². The molecule has 1 aromatic rings. The van der Waals surface area contributed by atoms with Crippen molar-refractivity contribution >= 4 is 11.9 Å². The minimum absolute atomic E-state index is 0.0208. The largest absolute Gasteiger partial charge is 0.493 e. The lowest BCUT2D eigenvalue weighted by molar-refractivity contribution is -0.138. The average molecular weight is 270 g/mol. The van der Waals surface area contributed by atoms with Crippen LogP contribution in [-0.4, -0.2) is 31.1 Å². The van der Waals surface area contributed by atoms with Crippen LogP contribution in [0.4, 0.5) is 4.39 Å². The molecule has 104 valence electrons. The van der Waals surface area contributed by atoms with Crippen molar-refractivity contribution in [2.24, 2.45) is 5.73 Å². The second kappa shape index (κ2) is 5.66. The Morgan fingerprint density at radius 1 is 1.53 bits per heavy atom. The smallest absolute Gasteiger partial charge is 0.325 e. The summed E-state index contributed by atoms with van der Waals surface area (Å²) in [5.41, 5.74) is 5.76. The van der Waals surface area contributed by atoms with Crippen molar-refractivity contribution < 1.29 is 23.8 Å². The van der Waals surface area contributed by atoms with Gasteiger partial charge in [0.25, 0.3) is 5.91 Å². The van der Waals surface area contributed by atoms with Crippen molar-refractivity contribution in [1.29, 1.82) is 0 Å². The van der Waals surface area contributed by atoms with E-state index in [-0.39, 0.29) is 22.4 Å². The molecule has 4 N–H and O–H groups in total. The third kappa shape index (κ3) is 2.65. The summed E-state index contributed by atoms with van der Waals surface area (Å²) in [5, 5.41) is 11.3. The van der Waals surface area contributed by atoms with Crippen LogP contribution in [-0.2, 0) is 4.79 Å². The number of halogens is 1. The molecular formula is C12H15FN2O4. The topological polar surface area (TPSA) is 102 Å². The van der Waals surface area contributed by atoms with Crippen molar-refractivity contribution in [3.8, 4) is 5.75 Å². The number of carbonyl (C=O) groups is 2. The van der Waals surface area contributed by atoms with Crippen molar-refractivity contribution in [3.63, 3.8) is 0 Å². The third-order valence-electron chi connectivity index (χ3n) is 2.79. The summed E-state index contributed by atoms with van der Waals surface area (Å²) in [6.45, 7) is 1.49. The molecule has 0 aliphatic heterocycles. The molecule has 1 amide bonds. The van der Waals surface area contributed by atoms with Crippen LogP contribution < -0.4 is 15.8 Å². The standard InChI is InChI=1S/C12H15FN2O4/c1-5-6(11(16)15-2)4-7(13)10(19-3)8(5)9(14)12(17)18/h4,9H,14H2,1-3H3,(H,15,16)(H,17,18). The van der Waals surface area contributed by atoms with Gasteiger partial charge < -0.3 is 20.9 Å². The van der Waals surface area contributed by atoms with Crippen LogP contribution in [0.2, 0.25) is 0 Å². The van der Waals surface area contributed by atoms with E-state index in [1.807, 2.05) is 0 Å². The fourth-order valence-corrected chi connectivity index (χ4v) is 1.82. The van der Waals surface area contributed by atoms with Crippen molar-refractivity contribution in [2.45, 2.75) is 13.0 Å². The van der Waals surface area contributed by atoms with E-state index in [1.54, 1.807) is 0 Å². The Kier molecular flexibility index (Phi) is 4.44. The first-order valence-electron chi connectivity index (χ1n) is 5.42. The lowest BCUT2D eigenvalue weighted by Crippen LogP contribution is -2.26. The molecule has 0 aliphatic carbocycles. The van der Waals surface area contributed by atoms with Gasteiger partial charge in [0.1, 0.15) is 6.04 Å². The number of amides is 1. The van der Waals surface area contributed by atoms with Crippen molar-refractivity contribution in [1.82, 2.24) is 5.32 Å². The number of rotatable bonds is 4. The van der Waals surface area contributed by atoms with Crippen molar-refractivity contribution in [2.75, 3.05) is 14.2 Å². The zero-order valence-corrected chi connectivity index (χ0v) is 10.8. The Hall–Kier alpha value is -2.15. The van der Waals surface area contributed by atoms with E-state index < -0.39 is 23.7 Å². The first-order valence-corrected chi connectivity index (χ1v) is 5.42. The number of hydrogen-bond donors (Lipinski definition) is 3. The highest BCUT2D eigenvalue weighted by Crippen LogP contribution is 2.32. The zero-order chi connectivity index (χ0) is 14.7. The Morgan fingerprint density at radius 3 is 2.53 bits per heavy atom. The number of methoxy groups -OCH3 is 1. The van der Waals surface area contributed by atoms with E-state index in [0.29, 0.717) is 0 Å². The van der Waals surface area contributed by atoms with Gasteiger partial charge in [-0.25, -0.2) is 4.39 Å². The predicted octanol–water partition coefficient (Wildman–Crippen LogP) is 0.587. The average Bonchev–Trinajstić information content (AvgIpc) is 2.38. The van der Waals surface area contributed by atoms with Gasteiger partial charge in [-0.05, 0) is 18.6 Å². The quantitative estimate of drug-likeness (QED) is 0.743. The number of aliphatic carboxylic acids is 1. The maximum atomic E-state index is 13.9. The van der Waals surface area contributed by atoms with Crippen LogP contribution in [0.5, 0.6) is 5.75 Å². The molecule has 0 heterocycles. The minimum Gasteiger partial charge on any atom is -0.493 e. The van der Waals surface area contributed by atoms with Gasteiger partial charge in [0.15, 0.2) is 11.6 Å². The SMILES string of the molecule is CNC(=O)c1cc(F)c(OC)c(C(N)C(=O)O)c1C. The van der Waals surface area contributed by atoms with Crippen LogP contribution >= 0.6 is 0 Å². The highest BCUT2D eigenvalue weighted by Gasteiger charge is 2.27. The van der Waals surface area contributed by atoms with Gasteiger partial charge in [0.2, 0.25) is 0 Å². The van der Waals surface area contributed by atoms with Crippen LogP contribution in [0, 0.1) is 12.7 Å². The molecule has 1 unspecified atom stereocenters. The Labute approximate surface area is 109 Å². The fraction of sp³-hybridized carbons (Fsp3) is 0.333. The fourth-order valence-electron chi connectivity index (χ4n) is 1.82. The summed E-state index contributed by atoms with van der Waals surface area (Å²) >= 11 is 0. The summed E-state index contributed by atoms with van der Waals surface area (Å²) in [7, 11) is 2.59. The van der Waals surface area contributed by atoms with E-state index in [2.05, 4.69) is 5.32 Å². The van der Waals surface area contributed by atoms with E-state index in [0.717, 1.165) is 6.07 Å². The minimum atomic E-state index is -1.48. The molecule has 0 radical (unpaired) electrons. The number of benzene rings is 1. The van der Waals surface area contributed by atoms with Gasteiger partial charge in [-0.3, -0.25) is 9.59 Å². The molecule has 0 spiro atoms. The highest BCUT2D eigenvalue weighted by atomic mass is 19.1. The number of ether oxygens (including phenoxy) is 1. The second-order valence-electron chi connectivity index (χ2n) is 3.87. The molecule has 7 heteroatoms. The number of nitrogens with two attached hydrogens (primary N) is 1. The van der Waals surface area contributed by atoms with Crippen LogP contribution in [0.25, 0.3) is 0 Å². The van der Waals surface area contributed by atoms with Gasteiger partial charge in [-0.2, -0.15) is 0 Å². The second-order valence-corrected chi connectivity index (χ2v) is 3.87. The van der Waals surface area contributed by atoms with Gasteiger partial charge in [-0.15, -0.1) is 0 Å². The molecule has 0 fully saturated rings. The normalized spacial score (nSPS) is 11.8. The maximum absolute atomic E-state index is 13.9. The first kappa shape index (κ1) is 14.9. The Balaban J connectivity index is 3.61. The molecule has 1 rings (SSSR count). The maximum Gasteiger partial charge on any atom is 0.325 e.